The van der Waals surface area contributed by atoms with Gasteiger partial charge in [-0.25, -0.2) is 4.79 Å². The zero-order chi connectivity index (χ0) is 22.1. The van der Waals surface area contributed by atoms with Crippen LogP contribution in [-0.4, -0.2) is 18.2 Å². The van der Waals surface area contributed by atoms with E-state index in [9.17, 15) is 18.0 Å². The third-order valence-corrected chi connectivity index (χ3v) is 5.35. The van der Waals surface area contributed by atoms with Gasteiger partial charge in [0, 0.05) is 0 Å². The van der Waals surface area contributed by atoms with Crippen LogP contribution in [0.15, 0.2) is 24.3 Å². The van der Waals surface area contributed by atoms with Crippen molar-refractivity contribution in [1.82, 2.24) is 0 Å². The molecule has 28 heavy (non-hydrogen) atoms. The van der Waals surface area contributed by atoms with E-state index in [1.807, 2.05) is 27.7 Å². The molecule has 0 N–H and O–H groups in total. The molecule has 0 spiro atoms. The second-order valence-electron chi connectivity index (χ2n) is 5.01. The first-order valence-electron chi connectivity index (χ1n) is 8.03. The molecule has 0 aliphatic carbocycles. The number of alkyl halides is 3. The quantitative estimate of drug-likeness (QED) is 0.324. The van der Waals surface area contributed by atoms with Gasteiger partial charge in [-0.1, -0.05) is 35.1 Å². The molecule has 0 radical (unpaired) electrons. The van der Waals surface area contributed by atoms with Crippen LogP contribution in [0.4, 0.5) is 13.2 Å². The molecule has 0 atom stereocenters. The normalized spacial score (nSPS) is 9.86. The number of benzene rings is 1. The first-order chi connectivity index (χ1) is 12.5. The van der Waals surface area contributed by atoms with Crippen molar-refractivity contribution in [3.63, 3.8) is 0 Å². The molecule has 10 heteroatoms. The zero-order valence-electron chi connectivity index (χ0n) is 16.4. The van der Waals surface area contributed by atoms with E-state index in [-0.39, 0.29) is 59.9 Å². The van der Waals surface area contributed by atoms with Gasteiger partial charge >= 0.3 is 73.2 Å². The number of hydrogen-bond acceptors (Lipinski definition) is 4. The summed E-state index contributed by atoms with van der Waals surface area (Å²) < 4.78 is 51.1. The minimum atomic E-state index is -4.39. The van der Waals surface area contributed by atoms with E-state index in [1.165, 1.54) is 0 Å². The van der Waals surface area contributed by atoms with Gasteiger partial charge in [0.2, 0.25) is 0 Å². The van der Waals surface area contributed by atoms with Crippen LogP contribution in [0.25, 0.3) is 0 Å². The molecule has 4 nitrogen and oxygen atoms in total. The van der Waals surface area contributed by atoms with Crippen molar-refractivity contribution in [3.8, 4) is 5.75 Å². The van der Waals surface area contributed by atoms with Crippen molar-refractivity contribution in [1.29, 1.82) is 0 Å². The molecule has 0 fully saturated rings. The Labute approximate surface area is 202 Å². The first kappa shape index (κ1) is 36.2. The van der Waals surface area contributed by atoms with Crippen LogP contribution in [0, 0.1) is 40.1 Å². The summed E-state index contributed by atoms with van der Waals surface area (Å²) in [5, 5.41) is 0. The Kier molecular flexibility index (Phi) is 27.1. The molecule has 0 heterocycles. The summed E-state index contributed by atoms with van der Waals surface area (Å²) in [6, 6.07) is 4.11. The molecule has 0 aliphatic rings. The summed E-state index contributed by atoms with van der Waals surface area (Å²) in [5.74, 6) is -0.397. The Morgan fingerprint density at radius 3 is 1.75 bits per heavy atom. The van der Waals surface area contributed by atoms with E-state index in [2.05, 4.69) is -0.391 Å². The number of esters is 1. The van der Waals surface area contributed by atoms with Crippen LogP contribution in [-0.2, 0) is 24.8 Å². The van der Waals surface area contributed by atoms with Gasteiger partial charge in [-0.05, 0) is 45.0 Å². The van der Waals surface area contributed by atoms with E-state index in [0.29, 0.717) is 0 Å². The number of hydrogen-bond donors (Lipinski definition) is 0. The number of carbonyl (C=O) groups is 1. The molecule has 170 valence electrons. The average Bonchev–Trinajstić information content (AvgIpc) is 2.62. The van der Waals surface area contributed by atoms with Crippen LogP contribution < -0.4 is 4.74 Å². The number of carbonyl (C=O) groups excluding carboxylic acids is 1. The van der Waals surface area contributed by atoms with Gasteiger partial charge in [0.25, 0.3) is 0 Å². The van der Waals surface area contributed by atoms with E-state index in [0.717, 1.165) is 24.3 Å². The van der Waals surface area contributed by atoms with Crippen LogP contribution >= 0.6 is 11.9 Å². The van der Waals surface area contributed by atoms with Gasteiger partial charge < -0.3 is 9.47 Å². The van der Waals surface area contributed by atoms with Crippen molar-refractivity contribution in [2.45, 2.75) is 67.7 Å². The Balaban J connectivity index is -0.000000278. The summed E-state index contributed by atoms with van der Waals surface area (Å²) in [7, 11) is 1.60. The Bertz CT molecular complexity index is 479. The van der Waals surface area contributed by atoms with Crippen LogP contribution in [0.3, 0.4) is 0 Å². The van der Waals surface area contributed by atoms with Gasteiger partial charge in [-0.2, -0.15) is 13.2 Å². The fourth-order valence-electron chi connectivity index (χ4n) is 1.25. The SMILES string of the molecule is C.CC.CC.CC(C)(C)OC(=O)COc1ccc(C(F)(F)F)cc1.ClO[Xe][Re]. The molecule has 1 aromatic rings. The number of rotatable bonds is 4. The van der Waals surface area contributed by atoms with Crippen molar-refractivity contribution in [2.24, 2.45) is 0 Å². The molecule has 0 amide bonds. The summed E-state index contributed by atoms with van der Waals surface area (Å²) in [6.07, 6.45) is -4.39. The number of ether oxygens (including phenoxy) is 2. The fourth-order valence-corrected chi connectivity index (χ4v) is 1.25. The van der Waals surface area contributed by atoms with E-state index in [1.54, 1.807) is 30.3 Å². The molecule has 0 aromatic heterocycles. The predicted octanol–water partition coefficient (Wildman–Crippen LogP) is 6.73. The Morgan fingerprint density at radius 2 is 1.46 bits per heavy atom. The third kappa shape index (κ3) is 23.0. The average molecular weight is 721 g/mol. The Morgan fingerprint density at radius 1 is 1.07 bits per heavy atom. The second kappa shape index (κ2) is 21.0. The molecule has 0 saturated carbocycles. The van der Waals surface area contributed by atoms with Crippen molar-refractivity contribution >= 4 is 17.8 Å². The molecule has 0 aliphatic heterocycles. The van der Waals surface area contributed by atoms with E-state index >= 15 is 0 Å². The van der Waals surface area contributed by atoms with Crippen LogP contribution in [0.2, 0.25) is 0 Å². The number of halogens is 4. The first-order valence-corrected chi connectivity index (χ1v) is 16.4. The molecule has 0 unspecified atom stereocenters. The van der Waals surface area contributed by atoms with Crippen LogP contribution in [0.1, 0.15) is 61.5 Å². The van der Waals surface area contributed by atoms with E-state index in [4.69, 9.17) is 21.3 Å². The molecular weight excluding hydrogens is 690 g/mol. The van der Waals surface area contributed by atoms with Crippen LogP contribution in [0.5, 0.6) is 5.75 Å². The van der Waals surface area contributed by atoms with Gasteiger partial charge in [0.15, 0.2) is 6.61 Å². The molecule has 1 rings (SSSR count). The molecule has 0 saturated heterocycles. The molecule has 1 aromatic carbocycles. The topological polar surface area (TPSA) is 44.8 Å². The van der Waals surface area contributed by atoms with Gasteiger partial charge in [0.05, 0.1) is 5.56 Å². The maximum atomic E-state index is 12.3. The Hall–Kier alpha value is 0.764. The van der Waals surface area contributed by atoms with Gasteiger partial charge in [-0.3, -0.25) is 0 Å². The summed E-state index contributed by atoms with van der Waals surface area (Å²) in [6.45, 7) is 12.8. The van der Waals surface area contributed by atoms with Gasteiger partial charge in [-0.15, -0.1) is 0 Å². The van der Waals surface area contributed by atoms with Crippen molar-refractivity contribution < 1.29 is 76.7 Å². The van der Waals surface area contributed by atoms with E-state index < -0.39 is 23.3 Å². The maximum absolute atomic E-state index is 12.3. The molecule has 0 bridgehead atoms. The second-order valence-corrected chi connectivity index (χ2v) is 8.99. The third-order valence-electron chi connectivity index (χ3n) is 1.98. The summed E-state index contributed by atoms with van der Waals surface area (Å²) in [5.41, 5.74) is -1.39. The zero-order valence-corrected chi connectivity index (χ0v) is 21.9. The minimum absolute atomic E-state index is 0. The monoisotopic (exact) mass is 722 g/mol. The fraction of sp³-hybridized carbons (Fsp3) is 0.611. The van der Waals surface area contributed by atoms with Crippen molar-refractivity contribution in [2.75, 3.05) is 6.61 Å². The van der Waals surface area contributed by atoms with Gasteiger partial charge in [0.1, 0.15) is 11.4 Å². The summed E-state index contributed by atoms with van der Waals surface area (Å²) in [4.78, 5) is 11.3. The summed E-state index contributed by atoms with van der Waals surface area (Å²) >= 11 is 4.80. The predicted molar refractivity (Wildman–Crippen MR) is 99.1 cm³/mol. The standard InChI is InChI=1S/C13H15F3O3.2C2H6.CH4.ClOXe.Re/c1-12(2,3)19-11(17)8-18-10-6-4-9(5-7-10)13(14,15)16;2*1-2;;1-2-3;/h4-7H,8H2,1-3H3;2*1-2H3;1H4;;. The molecular formula is C18H31ClF3O4ReXe. The van der Waals surface area contributed by atoms with Crippen molar-refractivity contribution in [3.05, 3.63) is 29.8 Å².